The lowest BCUT2D eigenvalue weighted by atomic mass is 10.2. The maximum atomic E-state index is 13.5. The molecule has 0 saturated carbocycles. The fourth-order valence-electron chi connectivity index (χ4n) is 3.67. The van der Waals surface area contributed by atoms with Crippen molar-refractivity contribution in [3.8, 4) is 5.69 Å². The van der Waals surface area contributed by atoms with Crippen LogP contribution in [0.5, 0.6) is 0 Å². The summed E-state index contributed by atoms with van der Waals surface area (Å²) in [6.07, 6.45) is -0.833. The van der Waals surface area contributed by atoms with Gasteiger partial charge in [-0.05, 0) is 24.6 Å². The number of nitrogens with two attached hydrogens (primary N) is 1. The first kappa shape index (κ1) is 19.7. The molecule has 0 fully saturated rings. The predicted molar refractivity (Wildman–Crippen MR) is 109 cm³/mol. The molecule has 9 nitrogen and oxygen atoms in total. The van der Waals surface area contributed by atoms with Gasteiger partial charge < -0.3 is 10.3 Å². The van der Waals surface area contributed by atoms with Crippen LogP contribution in [0.3, 0.4) is 0 Å². The summed E-state index contributed by atoms with van der Waals surface area (Å²) in [6, 6.07) is 7.74. The molecule has 0 atom stereocenters. The highest BCUT2D eigenvalue weighted by molar-refractivity contribution is 5.81. The molecule has 0 saturated heterocycles. The summed E-state index contributed by atoms with van der Waals surface area (Å²) < 4.78 is 44.4. The Kier molecular flexibility index (Phi) is 4.25. The predicted octanol–water partition coefficient (Wildman–Crippen LogP) is 2.58. The van der Waals surface area contributed by atoms with Crippen LogP contribution in [0.4, 0.5) is 19.0 Å². The molecular weight excluding hydrogens is 425 g/mol. The van der Waals surface area contributed by atoms with Crippen LogP contribution < -0.4 is 11.3 Å². The Morgan fingerprint density at radius 3 is 2.62 bits per heavy atom. The Balaban J connectivity index is 1.80. The summed E-state index contributed by atoms with van der Waals surface area (Å²) >= 11 is 0. The molecule has 4 aromatic heterocycles. The number of aryl methyl sites for hydroxylation is 1. The minimum atomic E-state index is -4.70. The Labute approximate surface area is 177 Å². The highest BCUT2D eigenvalue weighted by Crippen LogP contribution is 2.32. The molecule has 0 aliphatic carbocycles. The molecule has 2 N–H and O–H groups in total. The van der Waals surface area contributed by atoms with E-state index in [1.807, 2.05) is 0 Å². The number of fused-ring (bicyclic) bond motifs is 2. The Hall–Kier alpha value is -4.22. The van der Waals surface area contributed by atoms with Crippen molar-refractivity contribution in [2.45, 2.75) is 19.6 Å². The largest absolute Gasteiger partial charge is 0.418 e. The molecule has 0 radical (unpaired) electrons. The minimum absolute atomic E-state index is 0.00595. The molecule has 5 rings (SSSR count). The van der Waals surface area contributed by atoms with Crippen LogP contribution in [-0.2, 0) is 12.7 Å². The molecule has 12 heteroatoms. The van der Waals surface area contributed by atoms with Crippen molar-refractivity contribution in [1.29, 1.82) is 0 Å². The molecule has 0 unspecified atom stereocenters. The van der Waals surface area contributed by atoms with Crippen LogP contribution in [0, 0.1) is 6.92 Å². The number of rotatable bonds is 3. The van der Waals surface area contributed by atoms with Gasteiger partial charge in [-0.3, -0.25) is 9.36 Å². The van der Waals surface area contributed by atoms with Crippen LogP contribution >= 0.6 is 0 Å². The molecule has 0 bridgehead atoms. The van der Waals surface area contributed by atoms with Gasteiger partial charge >= 0.3 is 6.18 Å². The topological polar surface area (TPSA) is 109 Å². The van der Waals surface area contributed by atoms with E-state index in [9.17, 15) is 18.0 Å². The highest BCUT2D eigenvalue weighted by Gasteiger charge is 2.35. The van der Waals surface area contributed by atoms with E-state index in [1.165, 1.54) is 17.2 Å². The second kappa shape index (κ2) is 6.90. The Morgan fingerprint density at radius 1 is 1.09 bits per heavy atom. The van der Waals surface area contributed by atoms with E-state index in [0.717, 1.165) is 16.8 Å². The average molecular weight is 440 g/mol. The first-order valence-corrected chi connectivity index (χ1v) is 9.43. The van der Waals surface area contributed by atoms with Crippen molar-refractivity contribution in [2.24, 2.45) is 0 Å². The lowest BCUT2D eigenvalue weighted by Gasteiger charge is -2.16. The zero-order valence-corrected chi connectivity index (χ0v) is 16.6. The molecule has 162 valence electrons. The first-order chi connectivity index (χ1) is 15.3. The van der Waals surface area contributed by atoms with Crippen LogP contribution in [0.2, 0.25) is 0 Å². The molecule has 4 heterocycles. The van der Waals surface area contributed by atoms with Crippen LogP contribution in [0.1, 0.15) is 17.0 Å². The fourth-order valence-corrected chi connectivity index (χ4v) is 3.67. The number of nitrogens with zero attached hydrogens (tertiary/aromatic N) is 7. The molecule has 0 aliphatic rings. The third-order valence-corrected chi connectivity index (χ3v) is 5.16. The summed E-state index contributed by atoms with van der Waals surface area (Å²) in [5.41, 5.74) is 5.32. The molecule has 32 heavy (non-hydrogen) atoms. The fraction of sp³-hybridized carbons (Fsp3) is 0.150. The number of anilines is 1. The van der Waals surface area contributed by atoms with Gasteiger partial charge in [0, 0.05) is 6.20 Å². The van der Waals surface area contributed by atoms with Crippen molar-refractivity contribution < 1.29 is 13.2 Å². The van der Waals surface area contributed by atoms with Crippen molar-refractivity contribution in [1.82, 2.24) is 33.7 Å². The normalized spacial score (nSPS) is 12.1. The number of benzene rings is 1. The van der Waals surface area contributed by atoms with E-state index in [2.05, 4.69) is 20.1 Å². The van der Waals surface area contributed by atoms with Gasteiger partial charge in [0.05, 0.1) is 24.1 Å². The van der Waals surface area contributed by atoms with E-state index < -0.39 is 22.8 Å². The lowest BCUT2D eigenvalue weighted by Crippen LogP contribution is -2.29. The van der Waals surface area contributed by atoms with E-state index >= 15 is 0 Å². The number of imidazole rings is 1. The molecule has 5 aromatic rings. The summed E-state index contributed by atoms with van der Waals surface area (Å²) in [7, 11) is 0. The second-order valence-corrected chi connectivity index (χ2v) is 7.17. The van der Waals surface area contributed by atoms with Gasteiger partial charge in [-0.15, -0.1) is 0 Å². The number of nitrogen functional groups attached to an aromatic ring is 1. The van der Waals surface area contributed by atoms with Crippen molar-refractivity contribution in [3.63, 3.8) is 0 Å². The molecule has 0 aliphatic heterocycles. The average Bonchev–Trinajstić information content (AvgIpc) is 3.35. The van der Waals surface area contributed by atoms with E-state index in [4.69, 9.17) is 5.73 Å². The lowest BCUT2D eigenvalue weighted by molar-refractivity contribution is -0.136. The zero-order valence-electron chi connectivity index (χ0n) is 16.6. The zero-order chi connectivity index (χ0) is 22.6. The van der Waals surface area contributed by atoms with Gasteiger partial charge in [0.25, 0.3) is 5.56 Å². The second-order valence-electron chi connectivity index (χ2n) is 7.17. The van der Waals surface area contributed by atoms with Crippen LogP contribution in [-0.4, -0.2) is 33.7 Å². The Bertz CT molecular complexity index is 1550. The van der Waals surface area contributed by atoms with Gasteiger partial charge in [-0.25, -0.2) is 19.5 Å². The summed E-state index contributed by atoms with van der Waals surface area (Å²) in [5.74, 6) is 0.381. The van der Waals surface area contributed by atoms with Gasteiger partial charge in [0.1, 0.15) is 17.4 Å². The van der Waals surface area contributed by atoms with Gasteiger partial charge in [0.15, 0.2) is 17.3 Å². The third kappa shape index (κ3) is 2.99. The maximum Gasteiger partial charge on any atom is 0.418 e. The summed E-state index contributed by atoms with van der Waals surface area (Å²) in [4.78, 5) is 25.7. The van der Waals surface area contributed by atoms with Crippen molar-refractivity contribution in [3.05, 3.63) is 76.5 Å². The van der Waals surface area contributed by atoms with Crippen molar-refractivity contribution in [2.75, 3.05) is 5.73 Å². The summed E-state index contributed by atoms with van der Waals surface area (Å²) in [6.45, 7) is 1.77. The number of para-hydroxylation sites is 1. The quantitative estimate of drug-likeness (QED) is 0.462. The van der Waals surface area contributed by atoms with Gasteiger partial charge in [-0.2, -0.15) is 18.3 Å². The number of halogens is 3. The van der Waals surface area contributed by atoms with Crippen LogP contribution in [0.25, 0.3) is 22.4 Å². The maximum absolute atomic E-state index is 13.5. The SMILES string of the molecule is Cc1ccccc1-n1c(Cn2cnc3c(N)ncnc32)nn2ccc(C(F)(F)F)c2c1=O. The molecule has 0 spiro atoms. The number of hydrogen-bond acceptors (Lipinski definition) is 6. The van der Waals surface area contributed by atoms with Crippen LogP contribution in [0.15, 0.2) is 54.0 Å². The van der Waals surface area contributed by atoms with E-state index in [-0.39, 0.29) is 18.2 Å². The van der Waals surface area contributed by atoms with E-state index in [0.29, 0.717) is 22.4 Å². The van der Waals surface area contributed by atoms with Gasteiger partial charge in [-0.1, -0.05) is 18.2 Å². The minimum Gasteiger partial charge on any atom is -0.382 e. The molecular formula is C20H15F3N8O. The molecule has 1 aromatic carbocycles. The van der Waals surface area contributed by atoms with Gasteiger partial charge in [0.2, 0.25) is 0 Å². The van der Waals surface area contributed by atoms with E-state index in [1.54, 1.807) is 35.8 Å². The summed E-state index contributed by atoms with van der Waals surface area (Å²) in [5, 5.41) is 4.35. The third-order valence-electron chi connectivity index (χ3n) is 5.16. The number of alkyl halides is 3. The first-order valence-electron chi connectivity index (χ1n) is 9.43. The smallest absolute Gasteiger partial charge is 0.382 e. The highest BCUT2D eigenvalue weighted by atomic mass is 19.4. The Morgan fingerprint density at radius 2 is 1.88 bits per heavy atom. The molecule has 0 amide bonds. The standard InChI is InChI=1S/C20H15F3N8O/c1-11-4-2-3-5-13(11)31-14(8-29-10-27-15-17(24)25-9-26-18(15)29)28-30-7-6-12(20(21,22)23)16(30)19(31)32/h2-7,9-10H,8H2,1H3,(H2,24,25,26). The number of aromatic nitrogens is 7. The monoisotopic (exact) mass is 440 g/mol. The van der Waals surface area contributed by atoms with Crippen molar-refractivity contribution >= 4 is 22.5 Å². The number of hydrogen-bond donors (Lipinski definition) is 1.